The van der Waals surface area contributed by atoms with E-state index in [1.807, 2.05) is 12.1 Å². The lowest BCUT2D eigenvalue weighted by Crippen LogP contribution is -2.27. The Kier molecular flexibility index (Phi) is 4.14. The molecule has 0 fully saturated rings. The Morgan fingerprint density at radius 2 is 2.00 bits per heavy atom. The van der Waals surface area contributed by atoms with Crippen molar-refractivity contribution in [3.8, 4) is 0 Å². The molecule has 5 nitrogen and oxygen atoms in total. The first-order valence-corrected chi connectivity index (χ1v) is 8.99. The Labute approximate surface area is 139 Å². The number of amides is 1. The molecular weight excluding hydrogens is 336 g/mol. The number of primary sulfonamides is 1. The Morgan fingerprint density at radius 3 is 2.74 bits per heavy atom. The summed E-state index contributed by atoms with van der Waals surface area (Å²) in [6.07, 6.45) is 1.63. The van der Waals surface area contributed by atoms with Crippen molar-refractivity contribution in [3.63, 3.8) is 0 Å². The van der Waals surface area contributed by atoms with Crippen LogP contribution < -0.4 is 10.5 Å². The van der Waals surface area contributed by atoms with Crippen LogP contribution in [-0.4, -0.2) is 14.3 Å². The van der Waals surface area contributed by atoms with Crippen LogP contribution in [0.25, 0.3) is 0 Å². The Balaban J connectivity index is 1.82. The smallest absolute Gasteiger partial charge is 0.251 e. The second kappa shape index (κ2) is 5.96. The second-order valence-corrected chi connectivity index (χ2v) is 7.48. The molecule has 0 unspecified atom stereocenters. The third kappa shape index (κ3) is 3.39. The molecule has 2 aromatic carbocycles. The van der Waals surface area contributed by atoms with Gasteiger partial charge in [0.1, 0.15) is 0 Å². The molecule has 1 atom stereocenters. The minimum atomic E-state index is -3.83. The summed E-state index contributed by atoms with van der Waals surface area (Å²) in [5.41, 5.74) is 2.44. The quantitative estimate of drug-likeness (QED) is 0.890. The van der Waals surface area contributed by atoms with Crippen molar-refractivity contribution >= 4 is 27.5 Å². The van der Waals surface area contributed by atoms with Crippen molar-refractivity contribution < 1.29 is 13.2 Å². The summed E-state index contributed by atoms with van der Waals surface area (Å²) in [6.45, 7) is 0. The van der Waals surface area contributed by atoms with Crippen molar-refractivity contribution in [2.45, 2.75) is 23.8 Å². The van der Waals surface area contributed by atoms with E-state index < -0.39 is 10.0 Å². The number of hydrogen-bond acceptors (Lipinski definition) is 3. The monoisotopic (exact) mass is 350 g/mol. The van der Waals surface area contributed by atoms with Crippen LogP contribution in [0.5, 0.6) is 0 Å². The maximum atomic E-state index is 12.4. The highest BCUT2D eigenvalue weighted by Crippen LogP contribution is 2.33. The van der Waals surface area contributed by atoms with E-state index >= 15 is 0 Å². The number of sulfonamides is 1. The summed E-state index contributed by atoms with van der Waals surface area (Å²) in [6, 6.07) is 11.2. The summed E-state index contributed by atoms with van der Waals surface area (Å²) in [4.78, 5) is 12.3. The molecule has 3 rings (SSSR count). The number of rotatable bonds is 3. The number of hydrogen-bond donors (Lipinski definition) is 2. The van der Waals surface area contributed by atoms with Gasteiger partial charge in [-0.2, -0.15) is 0 Å². The van der Waals surface area contributed by atoms with Crippen LogP contribution in [-0.2, 0) is 16.4 Å². The van der Waals surface area contributed by atoms with Crippen LogP contribution in [0.1, 0.15) is 33.9 Å². The second-order valence-electron chi connectivity index (χ2n) is 5.48. The Hall–Kier alpha value is -1.89. The SMILES string of the molecule is NS(=O)(=O)c1cccc(C(=O)N[C@@H]2CCc3cc(Cl)ccc32)c1. The predicted molar refractivity (Wildman–Crippen MR) is 87.8 cm³/mol. The van der Waals surface area contributed by atoms with Gasteiger partial charge in [-0.1, -0.05) is 23.7 Å². The van der Waals surface area contributed by atoms with E-state index in [0.29, 0.717) is 5.02 Å². The fraction of sp³-hybridized carbons (Fsp3) is 0.188. The number of benzene rings is 2. The van der Waals surface area contributed by atoms with Crippen molar-refractivity contribution in [1.29, 1.82) is 0 Å². The maximum Gasteiger partial charge on any atom is 0.251 e. The molecular formula is C16H15ClN2O3S. The predicted octanol–water partition coefficient (Wildman–Crippen LogP) is 2.40. The molecule has 0 saturated carbocycles. The van der Waals surface area contributed by atoms with Crippen LogP contribution in [0.15, 0.2) is 47.4 Å². The van der Waals surface area contributed by atoms with Gasteiger partial charge in [-0.15, -0.1) is 0 Å². The minimum absolute atomic E-state index is 0.0799. The normalized spacial score (nSPS) is 16.9. The largest absolute Gasteiger partial charge is 0.345 e. The van der Waals surface area contributed by atoms with Crippen molar-refractivity contribution in [2.24, 2.45) is 5.14 Å². The number of nitrogens with one attached hydrogen (secondary N) is 1. The Bertz CT molecular complexity index is 881. The molecule has 0 aromatic heterocycles. The third-order valence-corrected chi connectivity index (χ3v) is 5.06. The van der Waals surface area contributed by atoms with E-state index in [-0.39, 0.29) is 22.4 Å². The number of aryl methyl sites for hydroxylation is 1. The van der Waals surface area contributed by atoms with Crippen LogP contribution in [0.3, 0.4) is 0 Å². The standard InChI is InChI=1S/C16H15ClN2O3S/c17-12-5-6-14-10(8-12)4-7-15(14)19-16(20)11-2-1-3-13(9-11)23(18,21)22/h1-3,5-6,8-9,15H,4,7H2,(H,19,20)(H2,18,21,22)/t15-/m1/s1. The Morgan fingerprint density at radius 1 is 1.22 bits per heavy atom. The third-order valence-electron chi connectivity index (χ3n) is 3.91. The van der Waals surface area contributed by atoms with Gasteiger partial charge in [0.15, 0.2) is 0 Å². The summed E-state index contributed by atoms with van der Waals surface area (Å²) in [5, 5.41) is 8.70. The molecule has 0 aliphatic heterocycles. The van der Waals surface area contributed by atoms with Gasteiger partial charge in [-0.3, -0.25) is 4.79 Å². The lowest BCUT2D eigenvalue weighted by Gasteiger charge is -2.14. The number of nitrogens with two attached hydrogens (primary N) is 1. The lowest BCUT2D eigenvalue weighted by molar-refractivity contribution is 0.0936. The van der Waals surface area contributed by atoms with Gasteiger partial charge < -0.3 is 5.32 Å². The number of fused-ring (bicyclic) bond motifs is 1. The van der Waals surface area contributed by atoms with Gasteiger partial charge in [-0.25, -0.2) is 13.6 Å². The topological polar surface area (TPSA) is 89.3 Å². The van der Waals surface area contributed by atoms with Gasteiger partial charge in [-0.05, 0) is 54.3 Å². The van der Waals surface area contributed by atoms with Gasteiger partial charge in [0.2, 0.25) is 10.0 Å². The van der Waals surface area contributed by atoms with Gasteiger partial charge >= 0.3 is 0 Å². The van der Waals surface area contributed by atoms with Gasteiger partial charge in [0.25, 0.3) is 5.91 Å². The zero-order valence-corrected chi connectivity index (χ0v) is 13.7. The average molecular weight is 351 g/mol. The first-order chi connectivity index (χ1) is 10.8. The summed E-state index contributed by atoms with van der Waals surface area (Å²) < 4.78 is 22.8. The average Bonchev–Trinajstić information content (AvgIpc) is 2.88. The zero-order valence-electron chi connectivity index (χ0n) is 12.1. The fourth-order valence-electron chi connectivity index (χ4n) is 2.79. The summed E-state index contributed by atoms with van der Waals surface area (Å²) >= 11 is 5.98. The van der Waals surface area contributed by atoms with Crippen LogP contribution >= 0.6 is 11.6 Å². The molecule has 0 bridgehead atoms. The zero-order chi connectivity index (χ0) is 16.6. The first kappa shape index (κ1) is 16.0. The summed E-state index contributed by atoms with van der Waals surface area (Å²) in [7, 11) is -3.83. The molecule has 120 valence electrons. The van der Waals surface area contributed by atoms with E-state index in [2.05, 4.69) is 5.32 Å². The van der Waals surface area contributed by atoms with Crippen LogP contribution in [0.2, 0.25) is 5.02 Å². The summed E-state index contributed by atoms with van der Waals surface area (Å²) in [5.74, 6) is -0.330. The molecule has 3 N–H and O–H groups in total. The van der Waals surface area contributed by atoms with Gasteiger partial charge in [0, 0.05) is 10.6 Å². The molecule has 1 aliphatic rings. The lowest BCUT2D eigenvalue weighted by atomic mass is 10.1. The highest BCUT2D eigenvalue weighted by molar-refractivity contribution is 7.89. The van der Waals surface area contributed by atoms with Crippen molar-refractivity contribution in [1.82, 2.24) is 5.32 Å². The molecule has 7 heteroatoms. The van der Waals surface area contributed by atoms with Gasteiger partial charge in [0.05, 0.1) is 10.9 Å². The fourth-order valence-corrected chi connectivity index (χ4v) is 3.55. The molecule has 1 aliphatic carbocycles. The molecule has 0 spiro atoms. The van der Waals surface area contributed by atoms with Crippen molar-refractivity contribution in [2.75, 3.05) is 0 Å². The van der Waals surface area contributed by atoms with E-state index in [1.165, 1.54) is 18.2 Å². The molecule has 2 aromatic rings. The van der Waals surface area contributed by atoms with Crippen LogP contribution in [0.4, 0.5) is 0 Å². The van der Waals surface area contributed by atoms with E-state index in [4.69, 9.17) is 16.7 Å². The maximum absolute atomic E-state index is 12.4. The highest BCUT2D eigenvalue weighted by atomic mass is 35.5. The minimum Gasteiger partial charge on any atom is -0.345 e. The highest BCUT2D eigenvalue weighted by Gasteiger charge is 2.24. The number of carbonyl (C=O) groups is 1. The molecule has 0 heterocycles. The molecule has 0 radical (unpaired) electrons. The van der Waals surface area contributed by atoms with Crippen molar-refractivity contribution in [3.05, 3.63) is 64.2 Å². The van der Waals surface area contributed by atoms with E-state index in [0.717, 1.165) is 24.0 Å². The van der Waals surface area contributed by atoms with Crippen LogP contribution in [0, 0.1) is 0 Å². The molecule has 0 saturated heterocycles. The molecule has 1 amide bonds. The number of carbonyl (C=O) groups excluding carboxylic acids is 1. The first-order valence-electron chi connectivity index (χ1n) is 7.06. The van der Waals surface area contributed by atoms with E-state index in [9.17, 15) is 13.2 Å². The molecule has 23 heavy (non-hydrogen) atoms. The number of halogens is 1. The van der Waals surface area contributed by atoms with E-state index in [1.54, 1.807) is 12.1 Å².